The lowest BCUT2D eigenvalue weighted by Crippen LogP contribution is -2.31. The van der Waals surface area contributed by atoms with Crippen LogP contribution in [0.4, 0.5) is 0 Å². The second kappa shape index (κ2) is 4.50. The van der Waals surface area contributed by atoms with Crippen LogP contribution >= 0.6 is 0 Å². The van der Waals surface area contributed by atoms with Gasteiger partial charge in [0.25, 0.3) is 0 Å². The summed E-state index contributed by atoms with van der Waals surface area (Å²) in [6.45, 7) is 10.4. The third kappa shape index (κ3) is 3.25. The highest BCUT2D eigenvalue weighted by Crippen LogP contribution is 2.26. The lowest BCUT2D eigenvalue weighted by Gasteiger charge is -2.24. The summed E-state index contributed by atoms with van der Waals surface area (Å²) in [7, 11) is 0. The molecule has 1 aliphatic rings. The Labute approximate surface area is 81.9 Å². The Kier molecular flexibility index (Phi) is 3.58. The van der Waals surface area contributed by atoms with Crippen LogP contribution in [0, 0.1) is 5.92 Å². The van der Waals surface area contributed by atoms with Crippen LogP contribution in [0.25, 0.3) is 0 Å². The molecule has 0 heterocycles. The zero-order valence-electron chi connectivity index (χ0n) is 9.06. The Morgan fingerprint density at radius 1 is 1.46 bits per heavy atom. The average Bonchev–Trinajstić information content (AvgIpc) is 1.92. The van der Waals surface area contributed by atoms with E-state index in [1.54, 1.807) is 5.57 Å². The van der Waals surface area contributed by atoms with Crippen LogP contribution in [-0.4, -0.2) is 6.04 Å². The number of rotatable bonds is 4. The van der Waals surface area contributed by atoms with E-state index in [0.717, 1.165) is 5.70 Å². The average molecular weight is 179 g/mol. The van der Waals surface area contributed by atoms with Gasteiger partial charge in [-0.05, 0) is 32.1 Å². The summed E-state index contributed by atoms with van der Waals surface area (Å²) in [5.74, 6) is 0.643. The topological polar surface area (TPSA) is 12.0 Å². The predicted octanol–water partition coefficient (Wildman–Crippen LogP) is 3.24. The highest BCUT2D eigenvalue weighted by molar-refractivity contribution is 5.14. The van der Waals surface area contributed by atoms with Crippen molar-refractivity contribution in [2.24, 2.45) is 5.92 Å². The van der Waals surface area contributed by atoms with E-state index in [1.165, 1.54) is 19.3 Å². The Hall–Kier alpha value is -0.720. The van der Waals surface area contributed by atoms with E-state index >= 15 is 0 Å². The Bertz CT molecular complexity index is 207. The van der Waals surface area contributed by atoms with E-state index in [2.05, 4.69) is 31.8 Å². The summed E-state index contributed by atoms with van der Waals surface area (Å²) in [5.41, 5.74) is 2.68. The van der Waals surface area contributed by atoms with E-state index in [1.807, 2.05) is 6.92 Å². The molecule has 0 aromatic heterocycles. The minimum absolute atomic E-state index is 0.479. The molecule has 0 aliphatic heterocycles. The van der Waals surface area contributed by atoms with Crippen LogP contribution in [-0.2, 0) is 0 Å². The minimum atomic E-state index is 0.479. The fourth-order valence-corrected chi connectivity index (χ4v) is 1.49. The molecular formula is C12H21N. The van der Waals surface area contributed by atoms with Crippen molar-refractivity contribution in [2.75, 3.05) is 0 Å². The quantitative estimate of drug-likeness (QED) is 0.653. The molecule has 1 aliphatic carbocycles. The van der Waals surface area contributed by atoms with Crippen molar-refractivity contribution in [1.29, 1.82) is 0 Å². The molecule has 1 N–H and O–H groups in total. The number of hydrogen-bond donors (Lipinski definition) is 1. The molecule has 1 fully saturated rings. The second-order valence-corrected chi connectivity index (χ2v) is 4.37. The Morgan fingerprint density at radius 3 is 2.38 bits per heavy atom. The number of allylic oxidation sites excluding steroid dienone is 2. The van der Waals surface area contributed by atoms with Gasteiger partial charge >= 0.3 is 0 Å². The van der Waals surface area contributed by atoms with Crippen LogP contribution < -0.4 is 5.32 Å². The van der Waals surface area contributed by atoms with Crippen molar-refractivity contribution >= 4 is 0 Å². The monoisotopic (exact) mass is 179 g/mol. The first-order valence-corrected chi connectivity index (χ1v) is 5.21. The maximum Gasteiger partial charge on any atom is 0.0466 e. The van der Waals surface area contributed by atoms with Gasteiger partial charge in [0.15, 0.2) is 0 Å². The molecule has 74 valence electrons. The lowest BCUT2D eigenvalue weighted by atomic mass is 9.88. The van der Waals surface area contributed by atoms with Crippen LogP contribution in [0.15, 0.2) is 23.9 Å². The lowest BCUT2D eigenvalue weighted by molar-refractivity contribution is 0.492. The molecule has 1 saturated carbocycles. The van der Waals surface area contributed by atoms with Gasteiger partial charge in [0, 0.05) is 11.7 Å². The van der Waals surface area contributed by atoms with Gasteiger partial charge in [-0.2, -0.15) is 0 Å². The summed E-state index contributed by atoms with van der Waals surface area (Å²) < 4.78 is 0. The molecule has 0 saturated heterocycles. The van der Waals surface area contributed by atoms with Crippen molar-refractivity contribution < 1.29 is 0 Å². The maximum atomic E-state index is 3.89. The number of hydrogen-bond acceptors (Lipinski definition) is 1. The highest BCUT2D eigenvalue weighted by atomic mass is 14.9. The van der Waals surface area contributed by atoms with Crippen molar-refractivity contribution in [3.63, 3.8) is 0 Å². The first-order chi connectivity index (χ1) is 6.09. The molecule has 0 aromatic carbocycles. The molecule has 1 heteroatoms. The van der Waals surface area contributed by atoms with Crippen molar-refractivity contribution in [1.82, 2.24) is 5.32 Å². The summed E-state index contributed by atoms with van der Waals surface area (Å²) in [4.78, 5) is 0. The van der Waals surface area contributed by atoms with E-state index in [4.69, 9.17) is 0 Å². The fraction of sp³-hybridized carbons (Fsp3) is 0.667. The zero-order valence-corrected chi connectivity index (χ0v) is 9.06. The molecule has 0 amide bonds. The normalized spacial score (nSPS) is 18.0. The summed E-state index contributed by atoms with van der Waals surface area (Å²) in [6, 6.07) is 0.479. The molecular weight excluding hydrogens is 158 g/mol. The zero-order chi connectivity index (χ0) is 9.84. The van der Waals surface area contributed by atoms with Gasteiger partial charge in [-0.25, -0.2) is 0 Å². The third-order valence-electron chi connectivity index (χ3n) is 2.54. The van der Waals surface area contributed by atoms with Gasteiger partial charge in [-0.3, -0.25) is 0 Å². The molecule has 0 spiro atoms. The number of nitrogens with one attached hydrogen (secondary N) is 1. The van der Waals surface area contributed by atoms with E-state index in [9.17, 15) is 0 Å². The van der Waals surface area contributed by atoms with Gasteiger partial charge in [-0.15, -0.1) is 0 Å². The standard InChI is InChI=1S/C12H21N/c1-9(2)12(13-10(3)4)8-11-6-5-7-11/h8-9,12-13H,3,5-7H2,1-2,4H3. The van der Waals surface area contributed by atoms with Crippen molar-refractivity contribution in [3.8, 4) is 0 Å². The Morgan fingerprint density at radius 2 is 2.08 bits per heavy atom. The molecule has 0 radical (unpaired) electrons. The molecule has 1 atom stereocenters. The Balaban J connectivity index is 2.51. The predicted molar refractivity (Wildman–Crippen MR) is 58.5 cm³/mol. The smallest absolute Gasteiger partial charge is 0.0466 e. The summed E-state index contributed by atoms with van der Waals surface area (Å²) >= 11 is 0. The van der Waals surface area contributed by atoms with E-state index < -0.39 is 0 Å². The summed E-state index contributed by atoms with van der Waals surface area (Å²) in [5, 5.41) is 3.41. The van der Waals surface area contributed by atoms with Gasteiger partial charge in [0.05, 0.1) is 0 Å². The molecule has 1 unspecified atom stereocenters. The van der Waals surface area contributed by atoms with Crippen LogP contribution in [0.1, 0.15) is 40.0 Å². The molecule has 0 aromatic rings. The third-order valence-corrected chi connectivity index (χ3v) is 2.54. The molecule has 1 rings (SSSR count). The van der Waals surface area contributed by atoms with E-state index in [0.29, 0.717) is 12.0 Å². The fourth-order valence-electron chi connectivity index (χ4n) is 1.49. The molecule has 13 heavy (non-hydrogen) atoms. The van der Waals surface area contributed by atoms with E-state index in [-0.39, 0.29) is 0 Å². The first kappa shape index (κ1) is 10.4. The largest absolute Gasteiger partial charge is 0.383 e. The van der Waals surface area contributed by atoms with Crippen LogP contribution in [0.2, 0.25) is 0 Å². The minimum Gasteiger partial charge on any atom is -0.383 e. The van der Waals surface area contributed by atoms with Crippen molar-refractivity contribution in [3.05, 3.63) is 23.9 Å². The van der Waals surface area contributed by atoms with Gasteiger partial charge in [0.2, 0.25) is 0 Å². The first-order valence-electron chi connectivity index (χ1n) is 5.21. The molecule has 0 bridgehead atoms. The van der Waals surface area contributed by atoms with Gasteiger partial charge < -0.3 is 5.32 Å². The van der Waals surface area contributed by atoms with Crippen LogP contribution in [0.3, 0.4) is 0 Å². The SMILES string of the molecule is C=C(C)NC(C=C1CCC1)C(C)C. The van der Waals surface area contributed by atoms with Crippen molar-refractivity contribution in [2.45, 2.75) is 46.1 Å². The maximum absolute atomic E-state index is 3.89. The summed E-state index contributed by atoms with van der Waals surface area (Å²) in [6.07, 6.45) is 6.38. The molecule has 1 nitrogen and oxygen atoms in total. The van der Waals surface area contributed by atoms with Crippen LogP contribution in [0.5, 0.6) is 0 Å². The van der Waals surface area contributed by atoms with Gasteiger partial charge in [-0.1, -0.05) is 32.1 Å². The van der Waals surface area contributed by atoms with Gasteiger partial charge in [0.1, 0.15) is 0 Å². The highest BCUT2D eigenvalue weighted by Gasteiger charge is 2.14. The second-order valence-electron chi connectivity index (χ2n) is 4.37.